The van der Waals surface area contributed by atoms with Crippen molar-refractivity contribution in [2.75, 3.05) is 0 Å². The fourth-order valence-corrected chi connectivity index (χ4v) is 2.80. The second-order valence-corrected chi connectivity index (χ2v) is 6.44. The fraction of sp³-hybridized carbons (Fsp3) is 0.619. The Bertz CT molecular complexity index is 437. The van der Waals surface area contributed by atoms with Crippen molar-refractivity contribution in [2.45, 2.75) is 84.0 Å². The van der Waals surface area contributed by atoms with E-state index in [2.05, 4.69) is 19.1 Å². The van der Waals surface area contributed by atoms with Crippen molar-refractivity contribution >= 4 is 0 Å². The molecular formula is C21H34O2. The summed E-state index contributed by atoms with van der Waals surface area (Å²) in [6.07, 6.45) is 19.5. The topological polar surface area (TPSA) is 40.5 Å². The number of benzene rings is 1. The maximum absolute atomic E-state index is 9.70. The van der Waals surface area contributed by atoms with Gasteiger partial charge in [0.15, 0.2) is 0 Å². The SMILES string of the molecule is CCCCCCCCC/C=C\CCCCc1cc(O)ccc1O. The van der Waals surface area contributed by atoms with Crippen LogP contribution in [0.4, 0.5) is 0 Å². The number of allylic oxidation sites excluding steroid dienone is 2. The maximum Gasteiger partial charge on any atom is 0.119 e. The average Bonchev–Trinajstić information content (AvgIpc) is 2.55. The summed E-state index contributed by atoms with van der Waals surface area (Å²) in [6, 6.07) is 4.74. The highest BCUT2D eigenvalue weighted by atomic mass is 16.3. The van der Waals surface area contributed by atoms with Crippen LogP contribution in [0.2, 0.25) is 0 Å². The largest absolute Gasteiger partial charge is 0.508 e. The Kier molecular flexibility index (Phi) is 11.1. The molecule has 0 bridgehead atoms. The lowest BCUT2D eigenvalue weighted by molar-refractivity contribution is 0.453. The van der Waals surface area contributed by atoms with Gasteiger partial charge in [-0.05, 0) is 62.3 Å². The summed E-state index contributed by atoms with van der Waals surface area (Å²) in [5.74, 6) is 0.518. The van der Waals surface area contributed by atoms with E-state index in [-0.39, 0.29) is 11.5 Å². The Hall–Kier alpha value is -1.44. The first-order valence-electron chi connectivity index (χ1n) is 9.40. The van der Waals surface area contributed by atoms with E-state index in [4.69, 9.17) is 0 Å². The molecule has 0 aliphatic carbocycles. The summed E-state index contributed by atoms with van der Waals surface area (Å²) >= 11 is 0. The molecule has 0 aliphatic rings. The van der Waals surface area contributed by atoms with E-state index in [1.54, 1.807) is 12.1 Å². The molecule has 0 spiro atoms. The molecule has 0 radical (unpaired) electrons. The molecule has 0 atom stereocenters. The highest BCUT2D eigenvalue weighted by Crippen LogP contribution is 2.23. The summed E-state index contributed by atoms with van der Waals surface area (Å²) in [5, 5.41) is 19.1. The summed E-state index contributed by atoms with van der Waals surface area (Å²) in [6.45, 7) is 2.26. The molecule has 2 heteroatoms. The van der Waals surface area contributed by atoms with Crippen molar-refractivity contribution in [3.05, 3.63) is 35.9 Å². The molecule has 1 aromatic carbocycles. The fourth-order valence-electron chi connectivity index (χ4n) is 2.80. The van der Waals surface area contributed by atoms with E-state index in [1.165, 1.54) is 57.4 Å². The van der Waals surface area contributed by atoms with Gasteiger partial charge in [-0.3, -0.25) is 0 Å². The van der Waals surface area contributed by atoms with E-state index in [1.807, 2.05) is 0 Å². The van der Waals surface area contributed by atoms with Crippen molar-refractivity contribution in [3.63, 3.8) is 0 Å². The van der Waals surface area contributed by atoms with Gasteiger partial charge in [-0.15, -0.1) is 0 Å². The number of unbranched alkanes of at least 4 members (excludes halogenated alkanes) is 9. The zero-order valence-corrected chi connectivity index (χ0v) is 14.8. The zero-order chi connectivity index (χ0) is 16.8. The van der Waals surface area contributed by atoms with Crippen LogP contribution >= 0.6 is 0 Å². The third kappa shape index (κ3) is 10.0. The molecular weight excluding hydrogens is 284 g/mol. The molecule has 0 fully saturated rings. The lowest BCUT2D eigenvalue weighted by Crippen LogP contribution is -1.86. The number of rotatable bonds is 13. The van der Waals surface area contributed by atoms with E-state index in [0.29, 0.717) is 0 Å². The number of aryl methyl sites for hydroxylation is 1. The van der Waals surface area contributed by atoms with Gasteiger partial charge >= 0.3 is 0 Å². The summed E-state index contributed by atoms with van der Waals surface area (Å²) in [7, 11) is 0. The lowest BCUT2D eigenvalue weighted by Gasteiger charge is -2.04. The molecule has 130 valence electrons. The van der Waals surface area contributed by atoms with Gasteiger partial charge in [-0.2, -0.15) is 0 Å². The highest BCUT2D eigenvalue weighted by Gasteiger charge is 2.01. The van der Waals surface area contributed by atoms with Crippen LogP contribution in [-0.4, -0.2) is 10.2 Å². The number of phenols is 2. The van der Waals surface area contributed by atoms with Crippen LogP contribution in [0, 0.1) is 0 Å². The van der Waals surface area contributed by atoms with Crippen molar-refractivity contribution in [1.82, 2.24) is 0 Å². The predicted octanol–water partition coefficient (Wildman–Crippen LogP) is 6.51. The van der Waals surface area contributed by atoms with Crippen LogP contribution in [0.3, 0.4) is 0 Å². The predicted molar refractivity (Wildman–Crippen MR) is 99.1 cm³/mol. The zero-order valence-electron chi connectivity index (χ0n) is 14.8. The van der Waals surface area contributed by atoms with Gasteiger partial charge in [0, 0.05) is 0 Å². The summed E-state index contributed by atoms with van der Waals surface area (Å²) in [5.41, 5.74) is 0.844. The minimum Gasteiger partial charge on any atom is -0.508 e. The highest BCUT2D eigenvalue weighted by molar-refractivity contribution is 5.38. The second kappa shape index (κ2) is 13.0. The maximum atomic E-state index is 9.70. The molecule has 0 heterocycles. The van der Waals surface area contributed by atoms with Crippen LogP contribution < -0.4 is 0 Å². The van der Waals surface area contributed by atoms with Gasteiger partial charge in [0.2, 0.25) is 0 Å². The molecule has 0 saturated heterocycles. The van der Waals surface area contributed by atoms with E-state index < -0.39 is 0 Å². The summed E-state index contributed by atoms with van der Waals surface area (Å²) < 4.78 is 0. The van der Waals surface area contributed by atoms with Crippen LogP contribution in [0.15, 0.2) is 30.4 Å². The van der Waals surface area contributed by atoms with Crippen LogP contribution in [0.5, 0.6) is 11.5 Å². The van der Waals surface area contributed by atoms with Gasteiger partial charge < -0.3 is 10.2 Å². The van der Waals surface area contributed by atoms with Gasteiger partial charge in [-0.1, -0.05) is 57.6 Å². The Morgan fingerprint density at radius 3 is 2.09 bits per heavy atom. The first-order valence-corrected chi connectivity index (χ1v) is 9.40. The quantitative estimate of drug-likeness (QED) is 0.247. The Balaban J connectivity index is 1.95. The van der Waals surface area contributed by atoms with Gasteiger partial charge in [0.25, 0.3) is 0 Å². The Morgan fingerprint density at radius 1 is 0.783 bits per heavy atom. The van der Waals surface area contributed by atoms with Crippen molar-refractivity contribution in [2.24, 2.45) is 0 Å². The molecule has 0 unspecified atom stereocenters. The van der Waals surface area contributed by atoms with Crippen LogP contribution in [0.25, 0.3) is 0 Å². The first-order chi connectivity index (χ1) is 11.2. The molecule has 0 aliphatic heterocycles. The molecule has 0 amide bonds. The van der Waals surface area contributed by atoms with Crippen molar-refractivity contribution in [3.8, 4) is 11.5 Å². The van der Waals surface area contributed by atoms with Gasteiger partial charge in [0.1, 0.15) is 11.5 Å². The third-order valence-corrected chi connectivity index (χ3v) is 4.27. The number of phenolic OH excluding ortho intramolecular Hbond substituents is 2. The number of aromatic hydroxyl groups is 2. The molecule has 1 rings (SSSR count). The van der Waals surface area contributed by atoms with Crippen LogP contribution in [0.1, 0.15) is 83.1 Å². The normalized spacial score (nSPS) is 11.3. The monoisotopic (exact) mass is 318 g/mol. The number of hydrogen-bond donors (Lipinski definition) is 2. The average molecular weight is 319 g/mol. The standard InChI is InChI=1S/C21H34O2/c1-2-3-4-5-6-7-8-9-10-11-12-13-14-15-19-18-20(22)16-17-21(19)23/h10-11,16-18,22-23H,2-9,12-15H2,1H3/b11-10-. The first kappa shape index (κ1) is 19.6. The minimum absolute atomic E-state index is 0.229. The van der Waals surface area contributed by atoms with Gasteiger partial charge in [0.05, 0.1) is 0 Å². The van der Waals surface area contributed by atoms with Crippen LogP contribution in [-0.2, 0) is 6.42 Å². The summed E-state index contributed by atoms with van der Waals surface area (Å²) in [4.78, 5) is 0. The molecule has 0 aromatic heterocycles. The lowest BCUT2D eigenvalue weighted by atomic mass is 10.1. The second-order valence-electron chi connectivity index (χ2n) is 6.44. The molecule has 2 nitrogen and oxygen atoms in total. The van der Waals surface area contributed by atoms with E-state index >= 15 is 0 Å². The van der Waals surface area contributed by atoms with E-state index in [9.17, 15) is 10.2 Å². The Labute approximate surface area is 142 Å². The van der Waals surface area contributed by atoms with Gasteiger partial charge in [-0.25, -0.2) is 0 Å². The minimum atomic E-state index is 0.229. The van der Waals surface area contributed by atoms with Crippen molar-refractivity contribution in [1.29, 1.82) is 0 Å². The molecule has 1 aromatic rings. The Morgan fingerprint density at radius 2 is 1.39 bits per heavy atom. The molecule has 23 heavy (non-hydrogen) atoms. The third-order valence-electron chi connectivity index (χ3n) is 4.27. The molecule has 0 saturated carbocycles. The van der Waals surface area contributed by atoms with Crippen molar-refractivity contribution < 1.29 is 10.2 Å². The smallest absolute Gasteiger partial charge is 0.119 e. The number of hydrogen-bond acceptors (Lipinski definition) is 2. The van der Waals surface area contributed by atoms with E-state index in [0.717, 1.165) is 31.2 Å². The molecule has 2 N–H and O–H groups in total.